The molecule has 104 valence electrons. The number of aliphatic carboxylic acids is 1. The molecule has 0 fully saturated rings. The van der Waals surface area contributed by atoms with E-state index in [1.165, 1.54) is 0 Å². The van der Waals surface area contributed by atoms with Crippen molar-refractivity contribution in [1.82, 2.24) is 6.15 Å². The zero-order valence-electron chi connectivity index (χ0n) is 9.82. The van der Waals surface area contributed by atoms with Gasteiger partial charge in [-0.2, -0.15) is 0 Å². The second-order valence-corrected chi connectivity index (χ2v) is 6.56. The van der Waals surface area contributed by atoms with E-state index in [0.717, 1.165) is 25.7 Å². The summed E-state index contributed by atoms with van der Waals surface area (Å²) in [6, 6.07) is 0. The number of hydrogen-bond acceptors (Lipinski definition) is 2. The van der Waals surface area contributed by atoms with Gasteiger partial charge in [-0.15, -0.1) is 0 Å². The number of alkyl halides is 4. The highest BCUT2D eigenvalue weighted by atomic mass is 35.5. The van der Waals surface area contributed by atoms with Crippen LogP contribution >= 0.6 is 46.4 Å². The van der Waals surface area contributed by atoms with E-state index in [0.29, 0.717) is 6.42 Å². The zero-order chi connectivity index (χ0) is 12.8. The van der Waals surface area contributed by atoms with E-state index in [1.54, 1.807) is 0 Å². The van der Waals surface area contributed by atoms with Crippen molar-refractivity contribution >= 4 is 52.4 Å². The molecule has 0 amide bonds. The fourth-order valence-electron chi connectivity index (χ4n) is 1.26. The second-order valence-electron chi connectivity index (χ2n) is 3.75. The highest BCUT2D eigenvalue weighted by Crippen LogP contribution is 2.46. The SMILES string of the molecule is CCCCCCCC(Cl)(Cl)C(Cl)(Cl)C(=O)O.N. The van der Waals surface area contributed by atoms with Gasteiger partial charge < -0.3 is 11.3 Å². The van der Waals surface area contributed by atoms with Crippen molar-refractivity contribution in [2.24, 2.45) is 0 Å². The van der Waals surface area contributed by atoms with Crippen LogP contribution in [0.4, 0.5) is 0 Å². The number of hydrogen-bond donors (Lipinski definition) is 2. The maximum absolute atomic E-state index is 10.8. The summed E-state index contributed by atoms with van der Waals surface area (Å²) >= 11 is 22.9. The van der Waals surface area contributed by atoms with Crippen LogP contribution in [0.25, 0.3) is 0 Å². The molecule has 0 radical (unpaired) electrons. The minimum Gasteiger partial charge on any atom is -0.479 e. The Labute approximate surface area is 122 Å². The van der Waals surface area contributed by atoms with E-state index in [1.807, 2.05) is 0 Å². The first-order valence-electron chi connectivity index (χ1n) is 5.24. The van der Waals surface area contributed by atoms with Crippen molar-refractivity contribution in [1.29, 1.82) is 0 Å². The summed E-state index contributed by atoms with van der Waals surface area (Å²) in [4.78, 5) is 10.8. The Morgan fingerprint density at radius 3 is 1.94 bits per heavy atom. The molecule has 0 heterocycles. The Bertz CT molecular complexity index is 234. The predicted octanol–water partition coefficient (Wildman–Crippen LogP) is 4.94. The van der Waals surface area contributed by atoms with Crippen molar-refractivity contribution in [2.75, 3.05) is 0 Å². The first-order valence-corrected chi connectivity index (χ1v) is 6.76. The van der Waals surface area contributed by atoms with Crippen LogP contribution in [0.15, 0.2) is 0 Å². The highest BCUT2D eigenvalue weighted by molar-refractivity contribution is 6.68. The molecule has 0 aliphatic rings. The molecule has 0 aromatic heterocycles. The average Bonchev–Trinajstić information content (AvgIpc) is 2.16. The van der Waals surface area contributed by atoms with Gasteiger partial charge >= 0.3 is 5.97 Å². The molecule has 0 saturated heterocycles. The fraction of sp³-hybridized carbons (Fsp3) is 0.900. The van der Waals surface area contributed by atoms with Crippen molar-refractivity contribution in [3.8, 4) is 0 Å². The standard InChI is InChI=1S/C10H16Cl4O2.H3N/c1-2-3-4-5-6-7-9(11,12)10(13,14)8(15)16;/h2-7H2,1H3,(H,15,16);1H3. The molecule has 0 bridgehead atoms. The molecule has 0 aliphatic carbocycles. The van der Waals surface area contributed by atoms with E-state index in [2.05, 4.69) is 6.92 Å². The fourth-order valence-corrected chi connectivity index (χ4v) is 1.88. The third kappa shape index (κ3) is 6.35. The third-order valence-electron chi connectivity index (χ3n) is 2.32. The van der Waals surface area contributed by atoms with Crippen LogP contribution in [0.3, 0.4) is 0 Å². The third-order valence-corrected chi connectivity index (χ3v) is 4.62. The molecule has 17 heavy (non-hydrogen) atoms. The minimum absolute atomic E-state index is 0. The maximum Gasteiger partial charge on any atom is 0.343 e. The van der Waals surface area contributed by atoms with Crippen molar-refractivity contribution < 1.29 is 9.90 Å². The highest BCUT2D eigenvalue weighted by Gasteiger charge is 2.52. The van der Waals surface area contributed by atoms with Crippen LogP contribution in [0.2, 0.25) is 0 Å². The Balaban J connectivity index is 0. The molecule has 0 aromatic carbocycles. The van der Waals surface area contributed by atoms with Crippen LogP contribution in [0.1, 0.15) is 45.4 Å². The van der Waals surface area contributed by atoms with E-state index in [9.17, 15) is 4.79 Å². The number of carbonyl (C=O) groups is 1. The molecule has 7 heteroatoms. The van der Waals surface area contributed by atoms with Crippen molar-refractivity contribution in [3.05, 3.63) is 0 Å². The van der Waals surface area contributed by atoms with E-state index < -0.39 is 14.6 Å². The van der Waals surface area contributed by atoms with Gasteiger partial charge in [-0.05, 0) is 6.42 Å². The maximum atomic E-state index is 10.8. The lowest BCUT2D eigenvalue weighted by atomic mass is 10.1. The van der Waals surface area contributed by atoms with Crippen molar-refractivity contribution in [3.63, 3.8) is 0 Å². The predicted molar refractivity (Wildman–Crippen MR) is 74.9 cm³/mol. The molecule has 0 atom stereocenters. The molecule has 0 unspecified atom stereocenters. The summed E-state index contributed by atoms with van der Waals surface area (Å²) in [6.07, 6.45) is 5.27. The molecule has 0 aliphatic heterocycles. The quantitative estimate of drug-likeness (QED) is 0.490. The summed E-state index contributed by atoms with van der Waals surface area (Å²) in [7, 11) is 0. The van der Waals surface area contributed by atoms with Crippen molar-refractivity contribution in [2.45, 2.75) is 54.1 Å². The average molecular weight is 327 g/mol. The van der Waals surface area contributed by atoms with E-state index in [-0.39, 0.29) is 12.6 Å². The molecule has 4 N–H and O–H groups in total. The van der Waals surface area contributed by atoms with Gasteiger partial charge in [0, 0.05) is 0 Å². The summed E-state index contributed by atoms with van der Waals surface area (Å²) in [5.41, 5.74) is 0. The van der Waals surface area contributed by atoms with Gasteiger partial charge in [0.05, 0.1) is 0 Å². The normalized spacial score (nSPS) is 12.1. The Morgan fingerprint density at radius 1 is 1.06 bits per heavy atom. The van der Waals surface area contributed by atoms with Gasteiger partial charge in [-0.3, -0.25) is 0 Å². The van der Waals surface area contributed by atoms with Gasteiger partial charge in [0.2, 0.25) is 4.33 Å². The van der Waals surface area contributed by atoms with Crippen LogP contribution in [-0.2, 0) is 4.79 Å². The van der Waals surface area contributed by atoms with Crippen LogP contribution < -0.4 is 6.15 Å². The topological polar surface area (TPSA) is 72.3 Å². The second kappa shape index (κ2) is 8.65. The van der Waals surface area contributed by atoms with E-state index >= 15 is 0 Å². The molecule has 0 saturated carbocycles. The van der Waals surface area contributed by atoms with E-state index in [4.69, 9.17) is 51.5 Å². The van der Waals surface area contributed by atoms with Gasteiger partial charge in [-0.25, -0.2) is 4.79 Å². The molecular weight excluding hydrogens is 308 g/mol. The van der Waals surface area contributed by atoms with Gasteiger partial charge in [0.25, 0.3) is 0 Å². The number of rotatable bonds is 8. The van der Waals surface area contributed by atoms with Crippen LogP contribution in [0, 0.1) is 0 Å². The lowest BCUT2D eigenvalue weighted by Crippen LogP contribution is -2.43. The van der Waals surface area contributed by atoms with Crippen LogP contribution in [-0.4, -0.2) is 19.7 Å². The number of carboxylic acid groups (broad SMARTS) is 1. The van der Waals surface area contributed by atoms with Gasteiger partial charge in [-0.1, -0.05) is 85.4 Å². The summed E-state index contributed by atoms with van der Waals surface area (Å²) < 4.78 is -3.82. The monoisotopic (exact) mass is 325 g/mol. The molecule has 3 nitrogen and oxygen atoms in total. The van der Waals surface area contributed by atoms with Crippen LogP contribution in [0.5, 0.6) is 0 Å². The summed E-state index contributed by atoms with van der Waals surface area (Å²) in [5.74, 6) is -1.42. The first kappa shape index (κ1) is 19.9. The number of carboxylic acids is 1. The zero-order valence-corrected chi connectivity index (χ0v) is 12.8. The summed E-state index contributed by atoms with van der Waals surface area (Å²) in [6.45, 7) is 2.11. The Morgan fingerprint density at radius 2 is 1.53 bits per heavy atom. The molecule has 0 spiro atoms. The Kier molecular flexibility index (Phi) is 10.1. The first-order chi connectivity index (χ1) is 7.25. The summed E-state index contributed by atoms with van der Waals surface area (Å²) in [5, 5.41) is 8.78. The largest absolute Gasteiger partial charge is 0.479 e. The Hall–Kier alpha value is 0.590. The lowest BCUT2D eigenvalue weighted by molar-refractivity contribution is -0.138. The molecular formula is C10H19Cl4NO2. The molecule has 0 aromatic rings. The number of unbranched alkanes of at least 4 members (excludes halogenated alkanes) is 4. The van der Waals surface area contributed by atoms with Gasteiger partial charge in [0.1, 0.15) is 0 Å². The van der Waals surface area contributed by atoms with Gasteiger partial charge in [0.15, 0.2) is 4.33 Å². The smallest absolute Gasteiger partial charge is 0.343 e. The lowest BCUT2D eigenvalue weighted by Gasteiger charge is -2.28. The molecule has 0 rings (SSSR count). The minimum atomic E-state index is -2.17. The number of halogens is 4.